The van der Waals surface area contributed by atoms with E-state index in [2.05, 4.69) is 13.0 Å². The fraction of sp³-hybridized carbons (Fsp3) is 0.394. The standard InChI is InChI=1S/C33H35NO5/c1-2-33(22-37-23-33)21-36-15-5-3-4-6-16-38-28-9-11-29(12-10-28)39-32(35)25-8-14-31-27(18-25)19-26-17-24(20-34)7-13-30(26)31/h7-14,17-18H,2-6,15-16,19,21-23H2,1H3. The Balaban J connectivity index is 1.01. The average Bonchev–Trinajstić information content (AvgIpc) is 3.31. The molecule has 3 aromatic rings. The first-order valence-corrected chi connectivity index (χ1v) is 13.9. The van der Waals surface area contributed by atoms with Gasteiger partial charge in [0.25, 0.3) is 0 Å². The first kappa shape index (κ1) is 26.9. The van der Waals surface area contributed by atoms with E-state index >= 15 is 0 Å². The van der Waals surface area contributed by atoms with Crippen LogP contribution in [0.1, 0.15) is 66.1 Å². The number of nitrogens with zero attached hydrogens (tertiary/aromatic N) is 1. The monoisotopic (exact) mass is 525 g/mol. The molecule has 0 bridgehead atoms. The van der Waals surface area contributed by atoms with Crippen molar-refractivity contribution in [1.29, 1.82) is 5.26 Å². The normalized spacial score (nSPS) is 14.6. The first-order valence-electron chi connectivity index (χ1n) is 13.9. The predicted octanol–water partition coefficient (Wildman–Crippen LogP) is 6.73. The van der Waals surface area contributed by atoms with Crippen molar-refractivity contribution < 1.29 is 23.7 Å². The van der Waals surface area contributed by atoms with Crippen LogP contribution in [0.2, 0.25) is 0 Å². The molecule has 0 saturated carbocycles. The number of unbranched alkanes of at least 4 members (excludes halogenated alkanes) is 3. The summed E-state index contributed by atoms with van der Waals surface area (Å²) in [7, 11) is 0. The minimum atomic E-state index is -0.394. The Labute approximate surface area is 230 Å². The van der Waals surface area contributed by atoms with Crippen molar-refractivity contribution in [2.45, 2.75) is 45.4 Å². The Morgan fingerprint density at radius 1 is 0.897 bits per heavy atom. The number of esters is 1. The van der Waals surface area contributed by atoms with Crippen molar-refractivity contribution in [2.24, 2.45) is 5.41 Å². The molecule has 6 nitrogen and oxygen atoms in total. The number of fused-ring (bicyclic) bond motifs is 3. The van der Waals surface area contributed by atoms with Gasteiger partial charge in [-0.25, -0.2) is 4.79 Å². The molecule has 2 aliphatic rings. The summed E-state index contributed by atoms with van der Waals surface area (Å²) in [5, 5.41) is 9.16. The summed E-state index contributed by atoms with van der Waals surface area (Å²) in [5.41, 5.74) is 5.82. The largest absolute Gasteiger partial charge is 0.494 e. The Morgan fingerprint density at radius 2 is 1.59 bits per heavy atom. The second kappa shape index (κ2) is 12.5. The maximum absolute atomic E-state index is 12.8. The summed E-state index contributed by atoms with van der Waals surface area (Å²) in [6.45, 7) is 6.15. The summed E-state index contributed by atoms with van der Waals surface area (Å²) in [4.78, 5) is 12.8. The van der Waals surface area contributed by atoms with Crippen molar-refractivity contribution in [2.75, 3.05) is 33.0 Å². The Hall–Kier alpha value is -3.66. The molecule has 39 heavy (non-hydrogen) atoms. The maximum Gasteiger partial charge on any atom is 0.343 e. The highest BCUT2D eigenvalue weighted by Gasteiger charge is 2.36. The number of carbonyl (C=O) groups is 1. The zero-order valence-electron chi connectivity index (χ0n) is 22.5. The number of benzene rings is 3. The molecule has 1 aliphatic carbocycles. The van der Waals surface area contributed by atoms with Crippen LogP contribution in [0.3, 0.4) is 0 Å². The molecular weight excluding hydrogens is 490 g/mol. The van der Waals surface area contributed by atoms with E-state index in [-0.39, 0.29) is 5.41 Å². The van der Waals surface area contributed by atoms with Crippen LogP contribution in [0.4, 0.5) is 0 Å². The van der Waals surface area contributed by atoms with Gasteiger partial charge in [-0.1, -0.05) is 25.5 Å². The Morgan fingerprint density at radius 3 is 2.28 bits per heavy atom. The number of hydrogen-bond donors (Lipinski definition) is 0. The molecule has 0 unspecified atom stereocenters. The van der Waals surface area contributed by atoms with Crippen LogP contribution in [0.5, 0.6) is 11.5 Å². The van der Waals surface area contributed by atoms with Crippen LogP contribution < -0.4 is 9.47 Å². The minimum Gasteiger partial charge on any atom is -0.494 e. The summed E-state index contributed by atoms with van der Waals surface area (Å²) in [6.07, 6.45) is 6.11. The SMILES string of the molecule is CCC1(COCCCCCCOc2ccc(OC(=O)c3ccc4c(c3)Cc3cc(C#N)ccc3-4)cc2)COC1. The van der Waals surface area contributed by atoms with Gasteiger partial charge in [0.2, 0.25) is 0 Å². The topological polar surface area (TPSA) is 77.8 Å². The molecule has 0 radical (unpaired) electrons. The molecule has 0 spiro atoms. The minimum absolute atomic E-state index is 0.265. The number of nitriles is 1. The molecule has 0 amide bonds. The van der Waals surface area contributed by atoms with E-state index < -0.39 is 5.97 Å². The third-order valence-electron chi connectivity index (χ3n) is 7.71. The van der Waals surface area contributed by atoms with Gasteiger partial charge in [-0.15, -0.1) is 0 Å². The summed E-state index contributed by atoms with van der Waals surface area (Å²) < 4.78 is 22.6. The van der Waals surface area contributed by atoms with Gasteiger partial charge in [-0.05, 0) is 103 Å². The quantitative estimate of drug-likeness (QED) is 0.109. The van der Waals surface area contributed by atoms with Crippen LogP contribution >= 0.6 is 0 Å². The number of ether oxygens (including phenoxy) is 4. The van der Waals surface area contributed by atoms with Gasteiger partial charge in [0, 0.05) is 12.0 Å². The van der Waals surface area contributed by atoms with E-state index in [0.29, 0.717) is 29.9 Å². The van der Waals surface area contributed by atoms with Gasteiger partial charge < -0.3 is 18.9 Å². The fourth-order valence-electron chi connectivity index (χ4n) is 5.10. The lowest BCUT2D eigenvalue weighted by atomic mass is 9.84. The van der Waals surface area contributed by atoms with E-state index in [1.54, 1.807) is 18.2 Å². The second-order valence-electron chi connectivity index (χ2n) is 10.6. The van der Waals surface area contributed by atoms with E-state index in [0.717, 1.165) is 86.5 Å². The zero-order valence-corrected chi connectivity index (χ0v) is 22.5. The number of carbonyl (C=O) groups excluding carboxylic acids is 1. The van der Waals surface area contributed by atoms with Crippen LogP contribution in [-0.4, -0.2) is 39.0 Å². The van der Waals surface area contributed by atoms with Crippen LogP contribution in [0.25, 0.3) is 11.1 Å². The van der Waals surface area contributed by atoms with Crippen LogP contribution in [0.15, 0.2) is 60.7 Å². The van der Waals surface area contributed by atoms with Crippen molar-refractivity contribution in [3.8, 4) is 28.7 Å². The van der Waals surface area contributed by atoms with Crippen molar-refractivity contribution >= 4 is 5.97 Å². The average molecular weight is 526 g/mol. The first-order chi connectivity index (χ1) is 19.1. The Kier molecular flexibility index (Phi) is 8.61. The zero-order chi connectivity index (χ0) is 27.1. The predicted molar refractivity (Wildman–Crippen MR) is 149 cm³/mol. The number of hydrogen-bond acceptors (Lipinski definition) is 6. The smallest absolute Gasteiger partial charge is 0.343 e. The summed E-state index contributed by atoms with van der Waals surface area (Å²) in [6, 6.07) is 20.7. The highest BCUT2D eigenvalue weighted by Crippen LogP contribution is 2.37. The molecular formula is C33H35NO5. The van der Waals surface area contributed by atoms with Gasteiger partial charge in [0.15, 0.2) is 0 Å². The molecule has 202 valence electrons. The van der Waals surface area contributed by atoms with Gasteiger partial charge >= 0.3 is 5.97 Å². The van der Waals surface area contributed by atoms with Gasteiger partial charge in [0.1, 0.15) is 11.5 Å². The molecule has 3 aromatic carbocycles. The number of rotatable bonds is 13. The highest BCUT2D eigenvalue weighted by atomic mass is 16.5. The lowest BCUT2D eigenvalue weighted by Gasteiger charge is -2.40. The summed E-state index contributed by atoms with van der Waals surface area (Å²) >= 11 is 0. The Bertz CT molecular complexity index is 1330. The van der Waals surface area contributed by atoms with E-state index in [1.165, 1.54) is 0 Å². The third-order valence-corrected chi connectivity index (χ3v) is 7.71. The second-order valence-corrected chi connectivity index (χ2v) is 10.6. The van der Waals surface area contributed by atoms with Crippen molar-refractivity contribution in [1.82, 2.24) is 0 Å². The molecule has 5 rings (SSSR count). The van der Waals surface area contributed by atoms with Crippen LogP contribution in [0, 0.1) is 16.7 Å². The van der Waals surface area contributed by atoms with Crippen molar-refractivity contribution in [3.05, 3.63) is 82.9 Å². The van der Waals surface area contributed by atoms with Gasteiger partial charge in [-0.2, -0.15) is 5.26 Å². The summed E-state index contributed by atoms with van der Waals surface area (Å²) in [5.74, 6) is 0.848. The molecule has 1 saturated heterocycles. The van der Waals surface area contributed by atoms with Gasteiger partial charge in [-0.3, -0.25) is 0 Å². The fourth-order valence-corrected chi connectivity index (χ4v) is 5.10. The molecule has 1 heterocycles. The van der Waals surface area contributed by atoms with Crippen LogP contribution in [-0.2, 0) is 15.9 Å². The molecule has 6 heteroatoms. The van der Waals surface area contributed by atoms with E-state index in [4.69, 9.17) is 24.2 Å². The molecule has 1 aliphatic heterocycles. The maximum atomic E-state index is 12.8. The highest BCUT2D eigenvalue weighted by molar-refractivity contribution is 5.93. The molecule has 1 fully saturated rings. The molecule has 0 aromatic heterocycles. The van der Waals surface area contributed by atoms with Gasteiger partial charge in [0.05, 0.1) is 43.6 Å². The molecule has 0 N–H and O–H groups in total. The third kappa shape index (κ3) is 6.50. The lowest BCUT2D eigenvalue weighted by Crippen LogP contribution is -2.45. The molecule has 0 atom stereocenters. The van der Waals surface area contributed by atoms with E-state index in [9.17, 15) is 4.79 Å². The van der Waals surface area contributed by atoms with Crippen molar-refractivity contribution in [3.63, 3.8) is 0 Å². The van der Waals surface area contributed by atoms with E-state index in [1.807, 2.05) is 42.5 Å². The lowest BCUT2D eigenvalue weighted by molar-refractivity contribution is -0.150.